The van der Waals surface area contributed by atoms with Crippen molar-refractivity contribution in [3.05, 3.63) is 53.8 Å². The van der Waals surface area contributed by atoms with E-state index in [0.29, 0.717) is 16.6 Å². The minimum Gasteiger partial charge on any atom is -0.444 e. The Balaban J connectivity index is 1.75. The van der Waals surface area contributed by atoms with Crippen LogP contribution in [-0.2, 0) is 0 Å². The van der Waals surface area contributed by atoms with Crippen molar-refractivity contribution in [2.24, 2.45) is 0 Å². The minimum atomic E-state index is 0.259. The van der Waals surface area contributed by atoms with E-state index in [1.165, 1.54) is 0 Å². The SMILES string of the molecule is CC(C)n1nnc2cc(-c3nc(-c4ccccc4Cl)co3)ccc21. The van der Waals surface area contributed by atoms with Gasteiger partial charge in [0.15, 0.2) is 0 Å². The molecule has 0 aliphatic heterocycles. The molecular weight excluding hydrogens is 324 g/mol. The average molecular weight is 339 g/mol. The molecule has 0 fully saturated rings. The second-order valence-corrected chi connectivity index (χ2v) is 6.26. The number of hydrogen-bond donors (Lipinski definition) is 0. The lowest BCUT2D eigenvalue weighted by molar-refractivity contribution is 0.530. The third-order valence-corrected chi connectivity index (χ3v) is 4.19. The van der Waals surface area contributed by atoms with E-state index in [1.807, 2.05) is 47.1 Å². The summed E-state index contributed by atoms with van der Waals surface area (Å²) in [6, 6.07) is 13.7. The van der Waals surface area contributed by atoms with Gasteiger partial charge in [0.1, 0.15) is 17.5 Å². The van der Waals surface area contributed by atoms with Crippen molar-refractivity contribution in [2.75, 3.05) is 0 Å². The molecule has 4 aromatic rings. The average Bonchev–Trinajstić information content (AvgIpc) is 3.21. The van der Waals surface area contributed by atoms with Crippen LogP contribution in [0, 0.1) is 0 Å². The van der Waals surface area contributed by atoms with E-state index in [2.05, 4.69) is 29.1 Å². The molecule has 0 atom stereocenters. The first-order chi connectivity index (χ1) is 11.6. The molecule has 2 heterocycles. The summed E-state index contributed by atoms with van der Waals surface area (Å²) in [6.07, 6.45) is 1.62. The van der Waals surface area contributed by atoms with E-state index in [0.717, 1.165) is 22.2 Å². The zero-order valence-corrected chi connectivity index (χ0v) is 14.0. The highest BCUT2D eigenvalue weighted by atomic mass is 35.5. The van der Waals surface area contributed by atoms with Gasteiger partial charge in [-0.05, 0) is 38.1 Å². The molecule has 2 aromatic heterocycles. The molecule has 0 radical (unpaired) electrons. The number of nitrogens with zero attached hydrogens (tertiary/aromatic N) is 4. The first-order valence-electron chi connectivity index (χ1n) is 7.69. The topological polar surface area (TPSA) is 56.7 Å². The molecule has 0 spiro atoms. The van der Waals surface area contributed by atoms with Gasteiger partial charge >= 0.3 is 0 Å². The summed E-state index contributed by atoms with van der Waals surface area (Å²) in [6.45, 7) is 4.15. The molecule has 0 aliphatic rings. The van der Waals surface area contributed by atoms with Crippen molar-refractivity contribution in [1.82, 2.24) is 20.0 Å². The fraction of sp³-hybridized carbons (Fsp3) is 0.167. The summed E-state index contributed by atoms with van der Waals surface area (Å²) in [4.78, 5) is 4.55. The van der Waals surface area contributed by atoms with Crippen LogP contribution in [-0.4, -0.2) is 20.0 Å². The maximum Gasteiger partial charge on any atom is 0.226 e. The van der Waals surface area contributed by atoms with Crippen molar-refractivity contribution in [1.29, 1.82) is 0 Å². The fourth-order valence-electron chi connectivity index (χ4n) is 2.66. The molecule has 0 aliphatic carbocycles. The molecule has 0 saturated heterocycles. The number of fused-ring (bicyclic) bond motifs is 1. The Labute approximate surface area is 143 Å². The summed E-state index contributed by atoms with van der Waals surface area (Å²) in [5.74, 6) is 0.533. The van der Waals surface area contributed by atoms with Crippen LogP contribution in [0.2, 0.25) is 5.02 Å². The first-order valence-corrected chi connectivity index (χ1v) is 8.07. The van der Waals surface area contributed by atoms with Crippen molar-refractivity contribution in [2.45, 2.75) is 19.9 Å². The second kappa shape index (κ2) is 5.76. The molecular formula is C18H15ClN4O. The van der Waals surface area contributed by atoms with Gasteiger partial charge in [0.2, 0.25) is 5.89 Å². The van der Waals surface area contributed by atoms with Gasteiger partial charge in [-0.2, -0.15) is 0 Å². The molecule has 120 valence electrons. The monoisotopic (exact) mass is 338 g/mol. The highest BCUT2D eigenvalue weighted by molar-refractivity contribution is 6.33. The van der Waals surface area contributed by atoms with Crippen molar-refractivity contribution < 1.29 is 4.42 Å². The molecule has 0 unspecified atom stereocenters. The molecule has 0 bridgehead atoms. The quantitative estimate of drug-likeness (QED) is 0.528. The lowest BCUT2D eigenvalue weighted by Gasteiger charge is -2.05. The van der Waals surface area contributed by atoms with Crippen LogP contribution in [0.3, 0.4) is 0 Å². The predicted molar refractivity (Wildman–Crippen MR) is 93.9 cm³/mol. The molecule has 2 aromatic carbocycles. The number of halogens is 1. The van der Waals surface area contributed by atoms with Crippen LogP contribution in [0.15, 0.2) is 53.1 Å². The molecule has 0 N–H and O–H groups in total. The summed E-state index contributed by atoms with van der Waals surface area (Å²) in [5, 5.41) is 9.07. The van der Waals surface area contributed by atoms with E-state index in [-0.39, 0.29) is 6.04 Å². The lowest BCUT2D eigenvalue weighted by atomic mass is 10.1. The summed E-state index contributed by atoms with van der Waals surface area (Å²) >= 11 is 6.22. The van der Waals surface area contributed by atoms with Gasteiger partial charge in [0.05, 0.1) is 10.5 Å². The van der Waals surface area contributed by atoms with Crippen LogP contribution >= 0.6 is 11.6 Å². The van der Waals surface area contributed by atoms with Gasteiger partial charge in [-0.15, -0.1) is 5.10 Å². The van der Waals surface area contributed by atoms with E-state index in [4.69, 9.17) is 16.0 Å². The Kier molecular flexibility index (Phi) is 3.58. The third-order valence-electron chi connectivity index (χ3n) is 3.86. The minimum absolute atomic E-state index is 0.259. The van der Waals surface area contributed by atoms with Crippen LogP contribution in [0.1, 0.15) is 19.9 Å². The number of aromatic nitrogens is 4. The fourth-order valence-corrected chi connectivity index (χ4v) is 2.89. The standard InChI is InChI=1S/C18H15ClN4O/c1-11(2)23-17-8-7-12(9-15(17)21-22-23)18-20-16(10-24-18)13-5-3-4-6-14(13)19/h3-11H,1-2H3. The maximum absolute atomic E-state index is 6.22. The Bertz CT molecular complexity index is 1020. The van der Waals surface area contributed by atoms with Gasteiger partial charge in [-0.25, -0.2) is 9.67 Å². The number of benzene rings is 2. The van der Waals surface area contributed by atoms with Gasteiger partial charge in [0.25, 0.3) is 0 Å². The molecule has 0 amide bonds. The number of rotatable bonds is 3. The normalized spacial score (nSPS) is 11.5. The molecule has 5 nitrogen and oxygen atoms in total. The summed E-state index contributed by atoms with van der Waals surface area (Å²) in [7, 11) is 0. The summed E-state index contributed by atoms with van der Waals surface area (Å²) in [5.41, 5.74) is 4.23. The van der Waals surface area contributed by atoms with Gasteiger partial charge in [-0.3, -0.25) is 0 Å². The van der Waals surface area contributed by atoms with Gasteiger partial charge in [0, 0.05) is 17.2 Å². The van der Waals surface area contributed by atoms with Crippen molar-refractivity contribution in [3.63, 3.8) is 0 Å². The van der Waals surface area contributed by atoms with Gasteiger partial charge in [-0.1, -0.05) is 35.0 Å². The van der Waals surface area contributed by atoms with Crippen molar-refractivity contribution >= 4 is 22.6 Å². The Morgan fingerprint density at radius 3 is 2.75 bits per heavy atom. The van der Waals surface area contributed by atoms with Crippen LogP contribution in [0.5, 0.6) is 0 Å². The van der Waals surface area contributed by atoms with E-state index in [1.54, 1.807) is 6.26 Å². The second-order valence-electron chi connectivity index (χ2n) is 5.85. The number of hydrogen-bond acceptors (Lipinski definition) is 4. The Hall–Kier alpha value is -2.66. The smallest absolute Gasteiger partial charge is 0.226 e. The van der Waals surface area contributed by atoms with Crippen LogP contribution < -0.4 is 0 Å². The zero-order valence-electron chi connectivity index (χ0n) is 13.3. The van der Waals surface area contributed by atoms with Crippen molar-refractivity contribution in [3.8, 4) is 22.7 Å². The highest BCUT2D eigenvalue weighted by Crippen LogP contribution is 2.30. The van der Waals surface area contributed by atoms with Gasteiger partial charge < -0.3 is 4.42 Å². The maximum atomic E-state index is 6.22. The third kappa shape index (κ3) is 2.47. The van der Waals surface area contributed by atoms with Crippen LogP contribution in [0.4, 0.5) is 0 Å². The van der Waals surface area contributed by atoms with E-state index >= 15 is 0 Å². The highest BCUT2D eigenvalue weighted by Gasteiger charge is 2.13. The molecule has 24 heavy (non-hydrogen) atoms. The van der Waals surface area contributed by atoms with E-state index in [9.17, 15) is 0 Å². The first kappa shape index (κ1) is 14.9. The summed E-state index contributed by atoms with van der Waals surface area (Å²) < 4.78 is 7.53. The Morgan fingerprint density at radius 1 is 1.12 bits per heavy atom. The largest absolute Gasteiger partial charge is 0.444 e. The van der Waals surface area contributed by atoms with Crippen LogP contribution in [0.25, 0.3) is 33.7 Å². The lowest BCUT2D eigenvalue weighted by Crippen LogP contribution is -2.02. The zero-order chi connectivity index (χ0) is 16.7. The Morgan fingerprint density at radius 2 is 1.96 bits per heavy atom. The molecule has 0 saturated carbocycles. The molecule has 4 rings (SSSR count). The predicted octanol–water partition coefficient (Wildman–Crippen LogP) is 4.99. The number of oxazole rings is 1. The molecule has 6 heteroatoms. The van der Waals surface area contributed by atoms with E-state index < -0.39 is 0 Å².